The Balaban J connectivity index is 1.61. The molecule has 1 aromatic carbocycles. The molecular formula is C19H24N2O3S3. The van der Waals surface area contributed by atoms with Crippen molar-refractivity contribution in [3.63, 3.8) is 0 Å². The van der Waals surface area contributed by atoms with E-state index in [1.165, 1.54) is 20.5 Å². The van der Waals surface area contributed by atoms with Crippen LogP contribution >= 0.6 is 23.1 Å². The maximum Gasteiger partial charge on any atom is 0.252 e. The number of hydrogen-bond donors (Lipinski definition) is 0. The minimum Gasteiger partial charge on any atom is -0.341 e. The Labute approximate surface area is 169 Å². The normalized spacial score (nSPS) is 15.2. The molecule has 1 amide bonds. The number of thioether (sulfide) groups is 1. The molecule has 0 unspecified atom stereocenters. The molecule has 5 nitrogen and oxygen atoms in total. The predicted octanol–water partition coefficient (Wildman–Crippen LogP) is 3.46. The van der Waals surface area contributed by atoms with E-state index in [-0.39, 0.29) is 12.3 Å². The number of benzene rings is 1. The monoisotopic (exact) mass is 424 g/mol. The number of hydrogen-bond acceptors (Lipinski definition) is 5. The molecule has 1 aliphatic heterocycles. The maximum atomic E-state index is 12.6. The van der Waals surface area contributed by atoms with Crippen LogP contribution in [0.2, 0.25) is 0 Å². The summed E-state index contributed by atoms with van der Waals surface area (Å²) in [5.74, 6) is -0.0177. The highest BCUT2D eigenvalue weighted by atomic mass is 32.2. The standard InChI is InChI=1S/C19H24N2O3S3/c1-20(14-15-5-7-16(25-2)8-6-15)18(22)13-17-9-10-19(26-17)27(23,24)21-11-3-4-12-21/h5-10H,3-4,11-14H2,1-2H3. The molecule has 27 heavy (non-hydrogen) atoms. The lowest BCUT2D eigenvalue weighted by molar-refractivity contribution is -0.129. The van der Waals surface area contributed by atoms with Gasteiger partial charge in [-0.25, -0.2) is 8.42 Å². The van der Waals surface area contributed by atoms with E-state index < -0.39 is 10.0 Å². The van der Waals surface area contributed by atoms with Crippen molar-refractivity contribution in [2.75, 3.05) is 26.4 Å². The van der Waals surface area contributed by atoms with Crippen LogP contribution in [0, 0.1) is 0 Å². The van der Waals surface area contributed by atoms with Crippen molar-refractivity contribution in [1.82, 2.24) is 9.21 Å². The minimum absolute atomic E-state index is 0.0177. The zero-order valence-electron chi connectivity index (χ0n) is 15.6. The second-order valence-electron chi connectivity index (χ2n) is 6.61. The van der Waals surface area contributed by atoms with E-state index in [0.29, 0.717) is 23.8 Å². The van der Waals surface area contributed by atoms with Crippen LogP contribution in [0.4, 0.5) is 0 Å². The van der Waals surface area contributed by atoms with E-state index in [9.17, 15) is 13.2 Å². The smallest absolute Gasteiger partial charge is 0.252 e. The number of carbonyl (C=O) groups is 1. The average molecular weight is 425 g/mol. The minimum atomic E-state index is -3.40. The van der Waals surface area contributed by atoms with Crippen LogP contribution in [0.15, 0.2) is 45.5 Å². The molecule has 146 valence electrons. The van der Waals surface area contributed by atoms with E-state index in [2.05, 4.69) is 0 Å². The molecule has 0 bridgehead atoms. The Morgan fingerprint density at radius 3 is 2.44 bits per heavy atom. The zero-order valence-corrected chi connectivity index (χ0v) is 18.0. The van der Waals surface area contributed by atoms with Crippen molar-refractivity contribution in [1.29, 1.82) is 0 Å². The highest BCUT2D eigenvalue weighted by Crippen LogP contribution is 2.28. The van der Waals surface area contributed by atoms with Crippen LogP contribution in [0.5, 0.6) is 0 Å². The summed E-state index contributed by atoms with van der Waals surface area (Å²) in [6.45, 7) is 1.72. The third-order valence-corrected chi connectivity index (χ3v) is 8.82. The van der Waals surface area contributed by atoms with Crippen LogP contribution in [-0.4, -0.2) is 49.9 Å². The van der Waals surface area contributed by atoms with Gasteiger partial charge < -0.3 is 4.90 Å². The number of thiophene rings is 1. The number of nitrogens with zero attached hydrogens (tertiary/aromatic N) is 2. The molecule has 8 heteroatoms. The van der Waals surface area contributed by atoms with Gasteiger partial charge in [-0.15, -0.1) is 23.1 Å². The first-order valence-electron chi connectivity index (χ1n) is 8.86. The summed E-state index contributed by atoms with van der Waals surface area (Å²) >= 11 is 2.89. The van der Waals surface area contributed by atoms with E-state index in [1.807, 2.05) is 30.5 Å². The molecule has 0 spiro atoms. The lowest BCUT2D eigenvalue weighted by Gasteiger charge is -2.17. The Morgan fingerprint density at radius 1 is 1.15 bits per heavy atom. The average Bonchev–Trinajstić information content (AvgIpc) is 3.35. The molecule has 0 atom stereocenters. The summed E-state index contributed by atoms with van der Waals surface area (Å²) in [7, 11) is -1.63. The first-order valence-corrected chi connectivity index (χ1v) is 12.3. The quantitative estimate of drug-likeness (QED) is 0.639. The van der Waals surface area contributed by atoms with Crippen molar-refractivity contribution in [2.24, 2.45) is 0 Å². The van der Waals surface area contributed by atoms with Crippen LogP contribution in [0.3, 0.4) is 0 Å². The van der Waals surface area contributed by atoms with Gasteiger partial charge in [0.1, 0.15) is 4.21 Å². The van der Waals surface area contributed by atoms with E-state index >= 15 is 0 Å². The lowest BCUT2D eigenvalue weighted by Crippen LogP contribution is -2.27. The molecule has 0 aliphatic carbocycles. The topological polar surface area (TPSA) is 57.7 Å². The summed E-state index contributed by atoms with van der Waals surface area (Å²) in [5.41, 5.74) is 1.08. The van der Waals surface area contributed by atoms with Crippen molar-refractivity contribution >= 4 is 39.0 Å². The van der Waals surface area contributed by atoms with Gasteiger partial charge in [0.05, 0.1) is 6.42 Å². The SMILES string of the molecule is CSc1ccc(CN(C)C(=O)Cc2ccc(S(=O)(=O)N3CCCC3)s2)cc1. The second kappa shape index (κ2) is 8.77. The van der Waals surface area contributed by atoms with E-state index in [1.54, 1.807) is 35.8 Å². The number of amides is 1. The highest BCUT2D eigenvalue weighted by molar-refractivity contribution is 7.98. The predicted molar refractivity (Wildman–Crippen MR) is 111 cm³/mol. The van der Waals surface area contributed by atoms with Gasteiger partial charge in [-0.1, -0.05) is 12.1 Å². The molecule has 0 N–H and O–H groups in total. The lowest BCUT2D eigenvalue weighted by atomic mass is 10.2. The number of carbonyl (C=O) groups excluding carboxylic acids is 1. The summed E-state index contributed by atoms with van der Waals surface area (Å²) in [4.78, 5) is 16.2. The Kier molecular flexibility index (Phi) is 6.62. The molecule has 2 aromatic rings. The molecule has 2 heterocycles. The molecule has 1 fully saturated rings. The maximum absolute atomic E-state index is 12.6. The third-order valence-electron chi connectivity index (χ3n) is 4.63. The number of sulfonamides is 1. The van der Waals surface area contributed by atoms with Gasteiger partial charge in [0.2, 0.25) is 5.91 Å². The van der Waals surface area contributed by atoms with Gasteiger partial charge in [-0.2, -0.15) is 4.31 Å². The van der Waals surface area contributed by atoms with Crippen LogP contribution in [-0.2, 0) is 27.8 Å². The molecule has 1 aliphatic rings. The zero-order chi connectivity index (χ0) is 19.4. The van der Waals surface area contributed by atoms with Gasteiger partial charge in [0.15, 0.2) is 0 Å². The summed E-state index contributed by atoms with van der Waals surface area (Å²) in [6, 6.07) is 11.5. The van der Waals surface area contributed by atoms with E-state index in [4.69, 9.17) is 0 Å². The molecule has 3 rings (SSSR count). The fourth-order valence-electron chi connectivity index (χ4n) is 3.02. The van der Waals surface area contributed by atoms with Gasteiger partial charge in [0, 0.05) is 36.5 Å². The fourth-order valence-corrected chi connectivity index (χ4v) is 6.45. The summed E-state index contributed by atoms with van der Waals surface area (Å²) < 4.78 is 27.1. The van der Waals surface area contributed by atoms with Crippen molar-refractivity contribution in [3.8, 4) is 0 Å². The number of rotatable bonds is 7. The first-order chi connectivity index (χ1) is 12.9. The van der Waals surface area contributed by atoms with Crippen LogP contribution in [0.25, 0.3) is 0 Å². The van der Waals surface area contributed by atoms with E-state index in [0.717, 1.165) is 23.3 Å². The second-order valence-corrected chi connectivity index (χ2v) is 10.8. The summed E-state index contributed by atoms with van der Waals surface area (Å²) in [5, 5.41) is 0. The first kappa shape index (κ1) is 20.4. The largest absolute Gasteiger partial charge is 0.341 e. The summed E-state index contributed by atoms with van der Waals surface area (Å²) in [6.07, 6.45) is 4.08. The molecular weight excluding hydrogens is 400 g/mol. The molecule has 1 aromatic heterocycles. The van der Waals surface area contributed by atoms with Crippen molar-refractivity contribution < 1.29 is 13.2 Å². The third kappa shape index (κ3) is 4.93. The fraction of sp³-hybridized carbons (Fsp3) is 0.421. The Morgan fingerprint density at radius 2 is 1.81 bits per heavy atom. The van der Waals surface area contributed by atoms with Gasteiger partial charge >= 0.3 is 0 Å². The van der Waals surface area contributed by atoms with Crippen molar-refractivity contribution in [2.45, 2.75) is 34.9 Å². The van der Waals surface area contributed by atoms with Crippen molar-refractivity contribution in [3.05, 3.63) is 46.8 Å². The molecule has 1 saturated heterocycles. The van der Waals surface area contributed by atoms with Gasteiger partial charge in [-0.05, 0) is 48.9 Å². The molecule has 0 radical (unpaired) electrons. The Hall–Kier alpha value is -1.35. The van der Waals surface area contributed by atoms with Gasteiger partial charge in [-0.3, -0.25) is 4.79 Å². The van der Waals surface area contributed by atoms with Crippen LogP contribution < -0.4 is 0 Å². The Bertz CT molecular complexity index is 885. The highest BCUT2D eigenvalue weighted by Gasteiger charge is 2.28. The van der Waals surface area contributed by atoms with Crippen LogP contribution in [0.1, 0.15) is 23.3 Å². The molecule has 0 saturated carbocycles. The number of likely N-dealkylation sites (N-methyl/N-ethyl adjacent to an activating group) is 1. The van der Waals surface area contributed by atoms with Gasteiger partial charge in [0.25, 0.3) is 10.0 Å².